The number of nitrogens with two attached hydrogens (primary N) is 1. The molecule has 0 saturated carbocycles. The number of ether oxygens (including phenoxy) is 1. The third kappa shape index (κ3) is 5.49. The van der Waals surface area contributed by atoms with Crippen molar-refractivity contribution in [3.63, 3.8) is 0 Å². The lowest BCUT2D eigenvalue weighted by Crippen LogP contribution is -2.27. The molecule has 2 aromatic carbocycles. The molecule has 0 aliphatic heterocycles. The summed E-state index contributed by atoms with van der Waals surface area (Å²) in [6.07, 6.45) is 1.49. The van der Waals surface area contributed by atoms with Crippen molar-refractivity contribution in [2.24, 2.45) is 5.73 Å². The maximum atomic E-state index is 12.3. The number of rotatable bonds is 7. The summed E-state index contributed by atoms with van der Waals surface area (Å²) in [6.45, 7) is 1.64. The fraction of sp³-hybridized carbons (Fsp3) is 0.150. The zero-order chi connectivity index (χ0) is 18.9. The first-order valence-corrected chi connectivity index (χ1v) is 7.98. The predicted octanol–water partition coefficient (Wildman–Crippen LogP) is 2.34. The number of hydrogen-bond donors (Lipinski definition) is 2. The Bertz CT molecular complexity index is 837. The van der Waals surface area contributed by atoms with Crippen molar-refractivity contribution in [1.82, 2.24) is 5.32 Å². The molecule has 3 N–H and O–H groups in total. The molecule has 1 atom stereocenters. The highest BCUT2D eigenvalue weighted by atomic mass is 16.5. The predicted molar refractivity (Wildman–Crippen MR) is 97.7 cm³/mol. The molecule has 0 unspecified atom stereocenters. The van der Waals surface area contributed by atoms with E-state index in [0.29, 0.717) is 11.3 Å². The quantitative estimate of drug-likeness (QED) is 0.591. The Hall–Kier alpha value is -3.59. The van der Waals surface area contributed by atoms with Gasteiger partial charge in [-0.1, -0.05) is 42.5 Å². The maximum Gasteiger partial charge on any atom is 0.262 e. The Kier molecular flexibility index (Phi) is 6.52. The number of nitrogens with zero attached hydrogens (tertiary/aromatic N) is 1. The Morgan fingerprint density at radius 2 is 1.85 bits per heavy atom. The molecule has 2 rings (SSSR count). The van der Waals surface area contributed by atoms with Crippen LogP contribution in [0.15, 0.2) is 60.2 Å². The zero-order valence-corrected chi connectivity index (χ0v) is 14.3. The Balaban J connectivity index is 2.05. The fourth-order valence-electron chi connectivity index (χ4n) is 2.23. The maximum absolute atomic E-state index is 12.3. The van der Waals surface area contributed by atoms with E-state index in [-0.39, 0.29) is 18.2 Å². The van der Waals surface area contributed by atoms with Crippen molar-refractivity contribution in [2.45, 2.75) is 13.0 Å². The highest BCUT2D eigenvalue weighted by Crippen LogP contribution is 2.16. The first-order valence-electron chi connectivity index (χ1n) is 7.98. The van der Waals surface area contributed by atoms with Gasteiger partial charge < -0.3 is 15.8 Å². The van der Waals surface area contributed by atoms with E-state index in [2.05, 4.69) is 5.32 Å². The van der Waals surface area contributed by atoms with Gasteiger partial charge in [0.15, 0.2) is 6.61 Å². The van der Waals surface area contributed by atoms with Crippen LogP contribution in [0.25, 0.3) is 6.08 Å². The second-order valence-electron chi connectivity index (χ2n) is 5.60. The van der Waals surface area contributed by atoms with Gasteiger partial charge in [0.25, 0.3) is 11.8 Å². The number of amides is 2. The second kappa shape index (κ2) is 9.04. The van der Waals surface area contributed by atoms with Crippen molar-refractivity contribution in [2.75, 3.05) is 6.61 Å². The van der Waals surface area contributed by atoms with E-state index in [1.165, 1.54) is 6.08 Å². The van der Waals surface area contributed by atoms with E-state index in [4.69, 9.17) is 10.5 Å². The molecule has 0 spiro atoms. The average molecular weight is 349 g/mol. The van der Waals surface area contributed by atoms with Crippen LogP contribution in [0.1, 0.15) is 24.1 Å². The largest absolute Gasteiger partial charge is 0.484 e. The van der Waals surface area contributed by atoms with Crippen LogP contribution < -0.4 is 15.8 Å². The standard InChI is InChI=1S/C20H19N3O3/c1-14(16-5-3-2-4-6-16)23-20(25)17(12-21)11-15-7-9-18(10-8-15)26-13-19(22)24/h2-11,14H,13H2,1H3,(H2,22,24)(H,23,25)/b17-11-/t14-/m1/s1. The van der Waals surface area contributed by atoms with Gasteiger partial charge in [-0.3, -0.25) is 9.59 Å². The molecule has 0 aromatic heterocycles. The van der Waals surface area contributed by atoms with E-state index in [9.17, 15) is 14.9 Å². The lowest BCUT2D eigenvalue weighted by atomic mass is 10.1. The molecule has 6 nitrogen and oxygen atoms in total. The van der Waals surface area contributed by atoms with Crippen LogP contribution in [0, 0.1) is 11.3 Å². The molecule has 2 amide bonds. The van der Waals surface area contributed by atoms with Crippen molar-refractivity contribution < 1.29 is 14.3 Å². The lowest BCUT2D eigenvalue weighted by molar-refractivity contribution is -0.120. The van der Waals surface area contributed by atoms with Gasteiger partial charge in [-0.25, -0.2) is 0 Å². The van der Waals surface area contributed by atoms with Gasteiger partial charge in [-0.2, -0.15) is 5.26 Å². The first kappa shape index (κ1) is 18.7. The molecule has 0 fully saturated rings. The monoisotopic (exact) mass is 349 g/mol. The van der Waals surface area contributed by atoms with Crippen LogP contribution in [0.5, 0.6) is 5.75 Å². The van der Waals surface area contributed by atoms with Crippen molar-refractivity contribution in [1.29, 1.82) is 5.26 Å². The zero-order valence-electron chi connectivity index (χ0n) is 14.3. The molecule has 0 saturated heterocycles. The number of nitriles is 1. The minimum atomic E-state index is -0.565. The number of carbonyl (C=O) groups excluding carboxylic acids is 2. The first-order chi connectivity index (χ1) is 12.5. The summed E-state index contributed by atoms with van der Waals surface area (Å²) in [5.41, 5.74) is 6.63. The van der Waals surface area contributed by atoms with E-state index in [1.807, 2.05) is 43.3 Å². The highest BCUT2D eigenvalue weighted by Gasteiger charge is 2.13. The molecular weight excluding hydrogens is 330 g/mol. The van der Waals surface area contributed by atoms with Gasteiger partial charge in [0.05, 0.1) is 6.04 Å². The third-order valence-corrected chi connectivity index (χ3v) is 3.58. The summed E-state index contributed by atoms with van der Waals surface area (Å²) in [4.78, 5) is 23.0. The molecule has 0 aliphatic rings. The van der Waals surface area contributed by atoms with Gasteiger partial charge in [-0.15, -0.1) is 0 Å². The summed E-state index contributed by atoms with van der Waals surface area (Å²) in [6, 6.07) is 17.8. The number of carbonyl (C=O) groups is 2. The van der Waals surface area contributed by atoms with E-state index in [1.54, 1.807) is 24.3 Å². The van der Waals surface area contributed by atoms with Crippen molar-refractivity contribution in [3.8, 4) is 11.8 Å². The minimum absolute atomic E-state index is 0.00131. The SMILES string of the molecule is C[C@@H](NC(=O)/C(C#N)=C\c1ccc(OCC(N)=O)cc1)c1ccccc1. The molecule has 0 heterocycles. The number of benzene rings is 2. The van der Waals surface area contributed by atoms with Crippen LogP contribution in [-0.4, -0.2) is 18.4 Å². The Labute approximate surface area is 151 Å². The molecule has 2 aromatic rings. The Morgan fingerprint density at radius 1 is 1.19 bits per heavy atom. The van der Waals surface area contributed by atoms with Gasteiger partial charge in [0, 0.05) is 0 Å². The van der Waals surface area contributed by atoms with E-state index < -0.39 is 11.8 Å². The number of hydrogen-bond acceptors (Lipinski definition) is 4. The van der Waals surface area contributed by atoms with Crippen molar-refractivity contribution in [3.05, 3.63) is 71.3 Å². The Morgan fingerprint density at radius 3 is 2.42 bits per heavy atom. The molecule has 6 heteroatoms. The average Bonchev–Trinajstić information content (AvgIpc) is 2.65. The van der Waals surface area contributed by atoms with Gasteiger partial charge in [-0.05, 0) is 36.3 Å². The topological polar surface area (TPSA) is 105 Å². The van der Waals surface area contributed by atoms with Crippen LogP contribution in [0.3, 0.4) is 0 Å². The van der Waals surface area contributed by atoms with Gasteiger partial charge >= 0.3 is 0 Å². The smallest absolute Gasteiger partial charge is 0.262 e. The molecule has 132 valence electrons. The molecule has 0 bridgehead atoms. The van der Waals surface area contributed by atoms with Crippen LogP contribution in [0.2, 0.25) is 0 Å². The van der Waals surface area contributed by atoms with Gasteiger partial charge in [0.2, 0.25) is 0 Å². The molecule has 0 radical (unpaired) electrons. The number of nitrogens with one attached hydrogen (secondary N) is 1. The van der Waals surface area contributed by atoms with E-state index in [0.717, 1.165) is 5.56 Å². The number of primary amides is 1. The highest BCUT2D eigenvalue weighted by molar-refractivity contribution is 6.01. The summed E-state index contributed by atoms with van der Waals surface area (Å²) < 4.78 is 5.16. The summed E-state index contributed by atoms with van der Waals surface area (Å²) in [7, 11) is 0. The van der Waals surface area contributed by atoms with Crippen LogP contribution in [-0.2, 0) is 9.59 Å². The van der Waals surface area contributed by atoms with E-state index >= 15 is 0 Å². The summed E-state index contributed by atoms with van der Waals surface area (Å²) in [5.74, 6) is -0.538. The molecule has 26 heavy (non-hydrogen) atoms. The third-order valence-electron chi connectivity index (χ3n) is 3.58. The van der Waals surface area contributed by atoms with Gasteiger partial charge in [0.1, 0.15) is 17.4 Å². The molecular formula is C20H19N3O3. The normalized spacial score (nSPS) is 11.9. The second-order valence-corrected chi connectivity index (χ2v) is 5.60. The lowest BCUT2D eigenvalue weighted by Gasteiger charge is -2.13. The fourth-order valence-corrected chi connectivity index (χ4v) is 2.23. The van der Waals surface area contributed by atoms with Crippen molar-refractivity contribution >= 4 is 17.9 Å². The summed E-state index contributed by atoms with van der Waals surface area (Å²) >= 11 is 0. The molecule has 0 aliphatic carbocycles. The summed E-state index contributed by atoms with van der Waals surface area (Å²) in [5, 5.41) is 12.1. The van der Waals surface area contributed by atoms with Crippen LogP contribution in [0.4, 0.5) is 0 Å². The van der Waals surface area contributed by atoms with Crippen LogP contribution >= 0.6 is 0 Å². The minimum Gasteiger partial charge on any atom is -0.484 e.